The zero-order valence-electron chi connectivity index (χ0n) is 5.14. The molecule has 8 heavy (non-hydrogen) atoms. The van der Waals surface area contributed by atoms with E-state index in [9.17, 15) is 9.90 Å². The van der Waals surface area contributed by atoms with Crippen LogP contribution in [0.2, 0.25) is 0 Å². The molecule has 0 aliphatic heterocycles. The molecule has 0 rings (SSSR count). The van der Waals surface area contributed by atoms with Crippen LogP contribution in [-0.4, -0.2) is 12.4 Å². The molecule has 0 amide bonds. The Morgan fingerprint density at radius 3 is 2.50 bits per heavy atom. The summed E-state index contributed by atoms with van der Waals surface area (Å²) in [5, 5.41) is 9.80. The van der Waals surface area contributed by atoms with Crippen molar-refractivity contribution in [2.24, 2.45) is 0 Å². The van der Waals surface area contributed by atoms with Crippen LogP contribution in [0.25, 0.3) is 0 Å². The molecule has 0 aromatic rings. The van der Waals surface area contributed by atoms with Crippen LogP contribution in [0.3, 0.4) is 0 Å². The summed E-state index contributed by atoms with van der Waals surface area (Å²) in [7, 11) is 0. The average molecular weight is 115 g/mol. The maximum atomic E-state index is 10.4. The van der Waals surface area contributed by atoms with Gasteiger partial charge in [0.1, 0.15) is 5.78 Å². The molecule has 0 unspecified atom stereocenters. The minimum absolute atomic E-state index is 0.119. The highest BCUT2D eigenvalue weighted by atomic mass is 16.3. The molecule has 1 radical (unpaired) electrons. The van der Waals surface area contributed by atoms with Gasteiger partial charge in [-0.15, -0.1) is 0 Å². The summed E-state index contributed by atoms with van der Waals surface area (Å²) < 4.78 is 0. The van der Waals surface area contributed by atoms with Gasteiger partial charge in [-0.3, -0.25) is 4.79 Å². The summed E-state index contributed by atoms with van der Waals surface area (Å²) >= 11 is 0. The van der Waals surface area contributed by atoms with Gasteiger partial charge in [-0.2, -0.15) is 0 Å². The highest BCUT2D eigenvalue weighted by molar-refractivity contribution is 5.77. The van der Waals surface area contributed by atoms with Crippen LogP contribution < -0.4 is 0 Å². The third-order valence-corrected chi connectivity index (χ3v) is 0.994. The standard InChI is InChI=1S/C6H11O2/c1-2-6(8)4-3-5-7/h2-5H2,1H3. The second kappa shape index (κ2) is 4.78. The molecule has 0 atom stereocenters. The first-order valence-electron chi connectivity index (χ1n) is 2.91. The number of carbonyl (C=O) groups excluding carboxylic acids is 1. The van der Waals surface area contributed by atoms with Crippen LogP contribution in [0, 0.1) is 0 Å². The Morgan fingerprint density at radius 2 is 2.12 bits per heavy atom. The summed E-state index contributed by atoms with van der Waals surface area (Å²) in [6.45, 7) is 1.69. The topological polar surface area (TPSA) is 37.0 Å². The Balaban J connectivity index is 2.99. The van der Waals surface area contributed by atoms with Gasteiger partial charge < -0.3 is 0 Å². The van der Waals surface area contributed by atoms with Crippen molar-refractivity contribution < 1.29 is 9.90 Å². The number of hydrogen-bond acceptors (Lipinski definition) is 1. The van der Waals surface area contributed by atoms with E-state index in [1.807, 2.05) is 6.92 Å². The lowest BCUT2D eigenvalue weighted by Gasteiger charge is -1.89. The first kappa shape index (κ1) is 7.63. The summed E-state index contributed by atoms with van der Waals surface area (Å²) in [4.78, 5) is 10.4. The Bertz CT molecular complexity index is 68.9. The van der Waals surface area contributed by atoms with E-state index in [0.29, 0.717) is 19.3 Å². The summed E-state index contributed by atoms with van der Waals surface area (Å²) in [5.41, 5.74) is 0. The first-order valence-corrected chi connectivity index (χ1v) is 2.91. The van der Waals surface area contributed by atoms with E-state index in [1.165, 1.54) is 0 Å². The molecule has 0 saturated heterocycles. The quantitative estimate of drug-likeness (QED) is 0.542. The van der Waals surface area contributed by atoms with Crippen molar-refractivity contribution in [3.8, 4) is 0 Å². The molecule has 0 heterocycles. The predicted octanol–water partition coefficient (Wildman–Crippen LogP) is 1.18. The molecule has 0 aliphatic rings. The van der Waals surface area contributed by atoms with E-state index in [4.69, 9.17) is 0 Å². The molecule has 0 aromatic heterocycles. The smallest absolute Gasteiger partial charge is 0.132 e. The van der Waals surface area contributed by atoms with Crippen molar-refractivity contribution in [1.82, 2.24) is 0 Å². The molecular formula is C6H11O2. The summed E-state index contributed by atoms with van der Waals surface area (Å²) in [6, 6.07) is 0. The first-order chi connectivity index (χ1) is 3.81. The van der Waals surface area contributed by atoms with Crippen LogP contribution in [0.5, 0.6) is 0 Å². The zero-order valence-corrected chi connectivity index (χ0v) is 5.14. The largest absolute Gasteiger partial charge is 0.300 e. The van der Waals surface area contributed by atoms with Crippen molar-refractivity contribution in [2.75, 3.05) is 6.61 Å². The van der Waals surface area contributed by atoms with Crippen LogP contribution in [-0.2, 0) is 9.90 Å². The van der Waals surface area contributed by atoms with Gasteiger partial charge in [0.15, 0.2) is 0 Å². The van der Waals surface area contributed by atoms with Crippen LogP contribution in [0.1, 0.15) is 26.2 Å². The molecule has 0 aromatic carbocycles. The minimum Gasteiger partial charge on any atom is -0.300 e. The fraction of sp³-hybridized carbons (Fsp3) is 0.833. The van der Waals surface area contributed by atoms with E-state index < -0.39 is 0 Å². The molecule has 2 nitrogen and oxygen atoms in total. The monoisotopic (exact) mass is 115 g/mol. The highest BCUT2D eigenvalue weighted by Crippen LogP contribution is 1.91. The third-order valence-electron chi connectivity index (χ3n) is 0.994. The second-order valence-corrected chi connectivity index (χ2v) is 1.70. The molecule has 0 bridgehead atoms. The van der Waals surface area contributed by atoms with Gasteiger partial charge in [0.25, 0.3) is 0 Å². The van der Waals surface area contributed by atoms with Crippen LogP contribution >= 0.6 is 0 Å². The van der Waals surface area contributed by atoms with Crippen molar-refractivity contribution in [3.05, 3.63) is 0 Å². The molecule has 0 spiro atoms. The molecule has 0 saturated carbocycles. The van der Waals surface area contributed by atoms with Gasteiger partial charge in [-0.25, -0.2) is 5.11 Å². The van der Waals surface area contributed by atoms with Gasteiger partial charge in [-0.05, 0) is 6.42 Å². The normalized spacial score (nSPS) is 9.25. The molecular weight excluding hydrogens is 104 g/mol. The lowest BCUT2D eigenvalue weighted by molar-refractivity contribution is -0.119. The number of ketones is 1. The fourth-order valence-corrected chi connectivity index (χ4v) is 0.446. The fourth-order valence-electron chi connectivity index (χ4n) is 0.446. The third kappa shape index (κ3) is 3.81. The minimum atomic E-state index is -0.119. The summed E-state index contributed by atoms with van der Waals surface area (Å²) in [6.07, 6.45) is 1.55. The lowest BCUT2D eigenvalue weighted by atomic mass is 10.2. The highest BCUT2D eigenvalue weighted by Gasteiger charge is 1.94. The zero-order chi connectivity index (χ0) is 6.41. The van der Waals surface area contributed by atoms with E-state index in [1.54, 1.807) is 0 Å². The van der Waals surface area contributed by atoms with Gasteiger partial charge in [-0.1, -0.05) is 6.92 Å². The van der Waals surface area contributed by atoms with Crippen LogP contribution in [0.4, 0.5) is 0 Å². The second-order valence-electron chi connectivity index (χ2n) is 1.70. The van der Waals surface area contributed by atoms with Gasteiger partial charge in [0.05, 0.1) is 6.61 Å². The Hall–Kier alpha value is -0.370. The number of hydrogen-bond donors (Lipinski definition) is 0. The molecule has 47 valence electrons. The van der Waals surface area contributed by atoms with Crippen molar-refractivity contribution in [1.29, 1.82) is 0 Å². The van der Waals surface area contributed by atoms with Crippen LogP contribution in [0.15, 0.2) is 0 Å². The van der Waals surface area contributed by atoms with Gasteiger partial charge in [0.2, 0.25) is 0 Å². The van der Waals surface area contributed by atoms with Crippen molar-refractivity contribution in [2.45, 2.75) is 26.2 Å². The molecule has 0 aliphatic carbocycles. The van der Waals surface area contributed by atoms with E-state index in [-0.39, 0.29) is 12.4 Å². The molecule has 0 fully saturated rings. The average Bonchev–Trinajstić information content (AvgIpc) is 1.83. The Morgan fingerprint density at radius 1 is 1.50 bits per heavy atom. The number of Topliss-reactive ketones (excluding diaryl/α,β-unsaturated/α-hetero) is 1. The number of carbonyl (C=O) groups is 1. The lowest BCUT2D eigenvalue weighted by Crippen LogP contribution is -1.95. The van der Waals surface area contributed by atoms with E-state index >= 15 is 0 Å². The van der Waals surface area contributed by atoms with Crippen molar-refractivity contribution >= 4 is 5.78 Å². The molecule has 2 heteroatoms. The predicted molar refractivity (Wildman–Crippen MR) is 30.1 cm³/mol. The Kier molecular flexibility index (Phi) is 4.56. The molecule has 0 N–H and O–H groups in total. The number of rotatable bonds is 4. The SMILES string of the molecule is CCC(=O)CCC[O]. The van der Waals surface area contributed by atoms with Crippen molar-refractivity contribution in [3.63, 3.8) is 0 Å². The summed E-state index contributed by atoms with van der Waals surface area (Å²) in [5.74, 6) is 0.195. The van der Waals surface area contributed by atoms with E-state index in [0.717, 1.165) is 0 Å². The maximum absolute atomic E-state index is 10.4. The van der Waals surface area contributed by atoms with E-state index in [2.05, 4.69) is 0 Å². The maximum Gasteiger partial charge on any atom is 0.132 e. The van der Waals surface area contributed by atoms with Gasteiger partial charge in [0, 0.05) is 12.8 Å². The Labute approximate surface area is 49.5 Å². The van der Waals surface area contributed by atoms with Gasteiger partial charge >= 0.3 is 0 Å².